The lowest BCUT2D eigenvalue weighted by atomic mass is 10.00. The number of aromatic nitrogens is 4. The zero-order chi connectivity index (χ0) is 53.4. The molecule has 1 atom stereocenters. The molecule has 4 heterocycles. The van der Waals surface area contributed by atoms with Crippen LogP contribution < -0.4 is 31.8 Å². The van der Waals surface area contributed by atoms with Gasteiger partial charge in [-0.15, -0.1) is 0 Å². The number of pyridine rings is 2. The van der Waals surface area contributed by atoms with Gasteiger partial charge in [-0.25, -0.2) is 28.3 Å². The number of primary sulfonamides is 1. The summed E-state index contributed by atoms with van der Waals surface area (Å²) < 4.78 is 51.1. The number of hydrogen-bond acceptors (Lipinski definition) is 14. The number of sulfonamides is 1. The standard InChI is InChI=1S/C24H20N4O4.C24H19N3O5.CH5NO2S.CH4O2S/c25-20(29)14-32-24-21-18(22(30)23(26)31)13-28(19(21)10-11-27-24)12-16-8-4-5-9-17(16)15-6-2-1-3-7-15;25-23(31)22(30)18-13-27(19-10-11-26-24(21(18)19)32-14-20(28)29)12-16-8-4-5-9-17(16)15-6-2-1-3-7-15;1-5(2,3)4;1-4(2)3/h1-11,13H,12,14H2,(H2,25,29)(H2,26,31);1-11,13H,12,14H2,(H2,25,31)(H,28,29);1H3,(H2,2,3,4);1H3,(H,2,3)/p-1. The molecule has 9 N–H and O–H groups in total. The van der Waals surface area contributed by atoms with Crippen molar-refractivity contribution in [2.45, 2.75) is 13.1 Å². The van der Waals surface area contributed by atoms with Gasteiger partial charge in [-0.05, 0) is 51.8 Å². The summed E-state index contributed by atoms with van der Waals surface area (Å²) in [5.41, 5.74) is 23.1. The first-order chi connectivity index (χ1) is 34.6. The predicted molar refractivity (Wildman–Crippen MR) is 270 cm³/mol. The van der Waals surface area contributed by atoms with Crippen molar-refractivity contribution in [2.75, 3.05) is 25.7 Å². The smallest absolute Gasteiger partial charge is 0.341 e. The van der Waals surface area contributed by atoms with E-state index in [4.69, 9.17) is 40.5 Å². The minimum absolute atomic E-state index is 0.0122. The summed E-state index contributed by atoms with van der Waals surface area (Å²) in [6, 6.07) is 39.0. The summed E-state index contributed by atoms with van der Waals surface area (Å²) in [6.45, 7) is -0.264. The number of ether oxygens (including phenoxy) is 2. The van der Waals surface area contributed by atoms with Crippen LogP contribution in [-0.2, 0) is 53.4 Å². The first-order valence-electron chi connectivity index (χ1n) is 21.3. The fourth-order valence-corrected chi connectivity index (χ4v) is 7.27. The highest BCUT2D eigenvalue weighted by molar-refractivity contribution is 7.88. The van der Waals surface area contributed by atoms with Crippen molar-refractivity contribution in [3.05, 3.63) is 168 Å². The Morgan fingerprint density at radius 1 is 0.616 bits per heavy atom. The Morgan fingerprint density at radius 3 is 1.30 bits per heavy atom. The zero-order valence-electron chi connectivity index (χ0n) is 38.9. The normalized spacial score (nSPS) is 11.1. The lowest BCUT2D eigenvalue weighted by Gasteiger charge is -2.12. The number of hydrogen-bond donors (Lipinski definition) is 5. The average molecular weight is 1030 g/mol. The van der Waals surface area contributed by atoms with Crippen LogP contribution in [0.3, 0.4) is 0 Å². The van der Waals surface area contributed by atoms with Gasteiger partial charge in [0.25, 0.3) is 29.3 Å². The van der Waals surface area contributed by atoms with E-state index in [9.17, 15) is 37.2 Å². The van der Waals surface area contributed by atoms with Crippen molar-refractivity contribution in [1.82, 2.24) is 19.1 Å². The molecule has 4 aromatic carbocycles. The Balaban J connectivity index is 0.000000232. The molecular weight excluding hydrogens is 985 g/mol. The Kier molecular flexibility index (Phi) is 19.1. The molecule has 0 saturated carbocycles. The number of carboxylic acid groups (broad SMARTS) is 1. The number of nitrogens with two attached hydrogens (primary N) is 4. The number of aliphatic carboxylic acids is 1. The Morgan fingerprint density at radius 2 is 0.959 bits per heavy atom. The van der Waals surface area contributed by atoms with Crippen LogP contribution in [0.25, 0.3) is 44.1 Å². The molecular formula is C50H47N8O13S2-. The van der Waals surface area contributed by atoms with Gasteiger partial charge in [0, 0.05) is 37.9 Å². The highest BCUT2D eigenvalue weighted by Crippen LogP contribution is 2.34. The molecule has 0 bridgehead atoms. The Bertz CT molecular complexity index is 3240. The highest BCUT2D eigenvalue weighted by atomic mass is 32.2. The van der Waals surface area contributed by atoms with Gasteiger partial charge in [0.1, 0.15) is 0 Å². The van der Waals surface area contributed by atoms with Crippen molar-refractivity contribution < 1.29 is 60.5 Å². The molecule has 0 aliphatic rings. The fraction of sp³-hybridized carbons (Fsp3) is 0.120. The van der Waals surface area contributed by atoms with Gasteiger partial charge in [0.15, 0.2) is 13.2 Å². The van der Waals surface area contributed by atoms with Gasteiger partial charge in [0.05, 0.1) is 39.2 Å². The minimum Gasteiger partial charge on any atom is -0.773 e. The maximum Gasteiger partial charge on any atom is 0.341 e. The van der Waals surface area contributed by atoms with E-state index in [1.165, 1.54) is 18.6 Å². The molecule has 0 fully saturated rings. The topological polar surface area (TPSA) is 355 Å². The number of carbonyl (C=O) groups is 6. The van der Waals surface area contributed by atoms with E-state index < -0.39 is 69.6 Å². The van der Waals surface area contributed by atoms with Crippen LogP contribution in [0.15, 0.2) is 146 Å². The van der Waals surface area contributed by atoms with E-state index in [1.807, 2.05) is 114 Å². The lowest BCUT2D eigenvalue weighted by Crippen LogP contribution is -2.23. The Labute approximate surface area is 419 Å². The SMILES string of the molecule is CS(=O)[O-].CS(N)(=O)=O.NC(=O)C(=O)c1cn(Cc2ccccc2-c2ccccc2)c2ccnc(OCC(=O)O)c12.NC(=O)COc1nccc2c1c(C(=O)C(N)=O)cn2Cc1ccccc1-c1ccccc1. The van der Waals surface area contributed by atoms with Crippen LogP contribution in [-0.4, -0.2) is 102 Å². The van der Waals surface area contributed by atoms with E-state index in [2.05, 4.69) is 15.1 Å². The third-order valence-electron chi connectivity index (χ3n) is 10.0. The largest absolute Gasteiger partial charge is 0.773 e. The van der Waals surface area contributed by atoms with Gasteiger partial charge >= 0.3 is 5.97 Å². The third-order valence-corrected chi connectivity index (χ3v) is 10.0. The first-order valence-corrected chi connectivity index (χ1v) is 24.7. The molecule has 0 spiro atoms. The lowest BCUT2D eigenvalue weighted by molar-refractivity contribution is -0.139. The molecule has 8 aromatic rings. The van der Waals surface area contributed by atoms with E-state index in [0.717, 1.165) is 45.9 Å². The summed E-state index contributed by atoms with van der Waals surface area (Å²) in [7, 11) is -3.17. The van der Waals surface area contributed by atoms with Crippen molar-refractivity contribution in [3.63, 3.8) is 0 Å². The summed E-state index contributed by atoms with van der Waals surface area (Å²) in [5, 5.41) is 13.8. The predicted octanol–water partition coefficient (Wildman–Crippen LogP) is 3.57. The number of amides is 3. The second-order valence-electron chi connectivity index (χ2n) is 15.5. The third kappa shape index (κ3) is 15.5. The first kappa shape index (κ1) is 55.0. The number of nitrogens with zero attached hydrogens (tertiary/aromatic N) is 4. The molecule has 73 heavy (non-hydrogen) atoms. The van der Waals surface area contributed by atoms with Crippen LogP contribution in [0.4, 0.5) is 0 Å². The van der Waals surface area contributed by atoms with E-state index in [-0.39, 0.29) is 28.3 Å². The van der Waals surface area contributed by atoms with E-state index in [0.29, 0.717) is 29.5 Å². The maximum absolute atomic E-state index is 12.5. The molecule has 1 unspecified atom stereocenters. The quantitative estimate of drug-likeness (QED) is 0.0525. The highest BCUT2D eigenvalue weighted by Gasteiger charge is 2.25. The van der Waals surface area contributed by atoms with E-state index >= 15 is 0 Å². The molecule has 0 aliphatic carbocycles. The maximum atomic E-state index is 12.5. The number of rotatable bonds is 16. The molecule has 0 radical (unpaired) electrons. The van der Waals surface area contributed by atoms with Crippen molar-refractivity contribution in [1.29, 1.82) is 0 Å². The number of primary amides is 3. The van der Waals surface area contributed by atoms with Crippen LogP contribution in [0.1, 0.15) is 31.8 Å². The van der Waals surface area contributed by atoms with Crippen LogP contribution in [0.5, 0.6) is 11.8 Å². The van der Waals surface area contributed by atoms with Gasteiger partial charge < -0.3 is 45.5 Å². The zero-order valence-corrected chi connectivity index (χ0v) is 40.6. The molecule has 0 saturated heterocycles. The summed E-state index contributed by atoms with van der Waals surface area (Å²) in [6.07, 6.45) is 8.05. The molecule has 21 nitrogen and oxygen atoms in total. The van der Waals surface area contributed by atoms with Gasteiger partial charge in [-0.2, -0.15) is 0 Å². The van der Waals surface area contributed by atoms with E-state index in [1.54, 1.807) is 22.9 Å². The number of carbonyl (C=O) groups excluding carboxylic acids is 5. The molecule has 378 valence electrons. The summed E-state index contributed by atoms with van der Waals surface area (Å²) >= 11 is -1.86. The number of carboxylic acids is 1. The number of fused-ring (bicyclic) bond motifs is 2. The average Bonchev–Trinajstić information content (AvgIpc) is 3.91. The van der Waals surface area contributed by atoms with Crippen LogP contribution in [0, 0.1) is 0 Å². The molecule has 8 rings (SSSR count). The molecule has 23 heteroatoms. The molecule has 0 aliphatic heterocycles. The van der Waals surface area contributed by atoms with Gasteiger partial charge in [-0.1, -0.05) is 120 Å². The van der Waals surface area contributed by atoms with Crippen molar-refractivity contribution in [3.8, 4) is 34.0 Å². The van der Waals surface area contributed by atoms with Crippen molar-refractivity contribution in [2.24, 2.45) is 22.3 Å². The monoisotopic (exact) mass is 1030 g/mol. The van der Waals surface area contributed by atoms with Gasteiger partial charge in [0.2, 0.25) is 21.8 Å². The second kappa shape index (κ2) is 25.3. The fourth-order valence-electron chi connectivity index (χ4n) is 7.27. The second-order valence-corrected chi connectivity index (χ2v) is 17.9. The number of Topliss-reactive ketones (excluding diaryl/α,β-unsaturated/α-hetero) is 2. The Hall–Kier alpha value is -8.90. The van der Waals surface area contributed by atoms with Gasteiger partial charge in [-0.3, -0.25) is 28.2 Å². The number of ketones is 2. The minimum atomic E-state index is -3.17. The molecule has 3 amide bonds. The summed E-state index contributed by atoms with van der Waals surface area (Å²) in [4.78, 5) is 78.7. The summed E-state index contributed by atoms with van der Waals surface area (Å²) in [5.74, 6) is -5.91. The van der Waals surface area contributed by atoms with Crippen molar-refractivity contribution >= 4 is 78.2 Å². The number of benzene rings is 4. The van der Waals surface area contributed by atoms with Crippen LogP contribution in [0.2, 0.25) is 0 Å². The van der Waals surface area contributed by atoms with Crippen LogP contribution >= 0.6 is 0 Å². The molecule has 4 aromatic heterocycles.